The zero-order chi connectivity index (χ0) is 12.8. The molecule has 1 amide bonds. The number of nitrogens with zero attached hydrogens (tertiary/aromatic N) is 1. The average Bonchev–Trinajstić information content (AvgIpc) is 2.25. The van der Waals surface area contributed by atoms with Gasteiger partial charge in [0.25, 0.3) is 0 Å². The first-order valence-corrected chi connectivity index (χ1v) is 4.88. The number of carbonyl (C=O) groups is 2. The van der Waals surface area contributed by atoms with Crippen molar-refractivity contribution in [3.63, 3.8) is 0 Å². The number of hydrogen-bond acceptors (Lipinski definition) is 4. The van der Waals surface area contributed by atoms with Crippen LogP contribution < -0.4 is 10.6 Å². The Morgan fingerprint density at radius 3 is 2.76 bits per heavy atom. The van der Waals surface area contributed by atoms with E-state index in [4.69, 9.17) is 5.11 Å². The number of pyridine rings is 1. The minimum atomic E-state index is -1.26. The van der Waals surface area contributed by atoms with E-state index in [1.54, 1.807) is 0 Å². The molecular weight excluding hydrogens is 229 g/mol. The molecule has 0 atom stereocenters. The van der Waals surface area contributed by atoms with Gasteiger partial charge in [0.2, 0.25) is 5.91 Å². The van der Waals surface area contributed by atoms with Crippen molar-refractivity contribution >= 4 is 17.7 Å². The summed E-state index contributed by atoms with van der Waals surface area (Å²) >= 11 is 0. The quantitative estimate of drug-likeness (QED) is 0.652. The summed E-state index contributed by atoms with van der Waals surface area (Å²) in [6.07, 6.45) is 0.924. The predicted octanol–water partition coefficient (Wildman–Crippen LogP) is 0.467. The van der Waals surface area contributed by atoms with E-state index in [1.807, 2.05) is 0 Å². The highest BCUT2D eigenvalue weighted by atomic mass is 19.1. The van der Waals surface area contributed by atoms with Gasteiger partial charge in [0.05, 0.1) is 6.20 Å². The Morgan fingerprint density at radius 1 is 1.47 bits per heavy atom. The normalized spacial score (nSPS) is 9.76. The molecule has 1 aromatic rings. The lowest BCUT2D eigenvalue weighted by Gasteiger charge is -2.08. The number of rotatable bonds is 5. The molecule has 0 aliphatic carbocycles. The minimum absolute atomic E-state index is 0.0734. The van der Waals surface area contributed by atoms with Gasteiger partial charge >= 0.3 is 5.97 Å². The zero-order valence-electron chi connectivity index (χ0n) is 9.16. The van der Waals surface area contributed by atoms with Gasteiger partial charge in [0.15, 0.2) is 0 Å². The molecular formula is C10H12FN3O3. The van der Waals surface area contributed by atoms with E-state index in [1.165, 1.54) is 6.92 Å². The SMILES string of the molecule is CC(=O)NCCNc1ncc(F)cc1C(=O)O. The molecule has 0 aromatic carbocycles. The maximum Gasteiger partial charge on any atom is 0.339 e. The molecule has 0 saturated heterocycles. The van der Waals surface area contributed by atoms with Crippen molar-refractivity contribution in [3.8, 4) is 0 Å². The lowest BCUT2D eigenvalue weighted by molar-refractivity contribution is -0.118. The number of nitrogens with one attached hydrogen (secondary N) is 2. The van der Waals surface area contributed by atoms with Crippen molar-refractivity contribution in [2.75, 3.05) is 18.4 Å². The molecule has 6 nitrogen and oxygen atoms in total. The van der Waals surface area contributed by atoms with Gasteiger partial charge in [0, 0.05) is 20.0 Å². The third-order valence-electron chi connectivity index (χ3n) is 1.88. The van der Waals surface area contributed by atoms with E-state index < -0.39 is 11.8 Å². The van der Waals surface area contributed by atoms with Gasteiger partial charge in [-0.05, 0) is 6.07 Å². The van der Waals surface area contributed by atoms with Gasteiger partial charge < -0.3 is 15.7 Å². The molecule has 17 heavy (non-hydrogen) atoms. The zero-order valence-corrected chi connectivity index (χ0v) is 9.16. The fourth-order valence-corrected chi connectivity index (χ4v) is 1.16. The summed E-state index contributed by atoms with van der Waals surface area (Å²) in [6, 6.07) is 0.885. The molecule has 3 N–H and O–H groups in total. The fraction of sp³-hybridized carbons (Fsp3) is 0.300. The number of aromatic carboxylic acids is 1. The third kappa shape index (κ3) is 4.06. The highest BCUT2D eigenvalue weighted by Gasteiger charge is 2.12. The number of anilines is 1. The summed E-state index contributed by atoms with van der Waals surface area (Å²) in [4.78, 5) is 25.0. The Kier molecular flexibility index (Phi) is 4.38. The van der Waals surface area contributed by atoms with Gasteiger partial charge in [-0.1, -0.05) is 0 Å². The number of carboxylic acids is 1. The lowest BCUT2D eigenvalue weighted by Crippen LogP contribution is -2.26. The lowest BCUT2D eigenvalue weighted by atomic mass is 10.2. The van der Waals surface area contributed by atoms with Gasteiger partial charge in [0.1, 0.15) is 17.2 Å². The van der Waals surface area contributed by atoms with Crippen LogP contribution in [0.5, 0.6) is 0 Å². The van der Waals surface area contributed by atoms with Crippen molar-refractivity contribution in [2.45, 2.75) is 6.92 Å². The van der Waals surface area contributed by atoms with Crippen LogP contribution in [0.25, 0.3) is 0 Å². The molecule has 0 saturated carbocycles. The van der Waals surface area contributed by atoms with Gasteiger partial charge in [-0.25, -0.2) is 14.2 Å². The Balaban J connectivity index is 2.64. The van der Waals surface area contributed by atoms with Crippen LogP contribution in [0.3, 0.4) is 0 Å². The highest BCUT2D eigenvalue weighted by Crippen LogP contribution is 2.12. The molecule has 1 rings (SSSR count). The standard InChI is InChI=1S/C10H12FN3O3/c1-6(15)12-2-3-13-9-8(10(16)17)4-7(11)5-14-9/h4-5H,2-3H2,1H3,(H,12,15)(H,13,14)(H,16,17). The van der Waals surface area contributed by atoms with Gasteiger partial charge in [-0.2, -0.15) is 0 Å². The predicted molar refractivity (Wildman–Crippen MR) is 58.3 cm³/mol. The maximum absolute atomic E-state index is 12.8. The third-order valence-corrected chi connectivity index (χ3v) is 1.88. The van der Waals surface area contributed by atoms with E-state index in [0.717, 1.165) is 12.3 Å². The Bertz CT molecular complexity index is 437. The molecule has 0 fully saturated rings. The number of carbonyl (C=O) groups excluding carboxylic acids is 1. The maximum atomic E-state index is 12.8. The second-order valence-corrected chi connectivity index (χ2v) is 3.26. The second kappa shape index (κ2) is 5.78. The summed E-state index contributed by atoms with van der Waals surface area (Å²) in [5, 5.41) is 14.0. The Hall–Kier alpha value is -2.18. The first-order chi connectivity index (χ1) is 8.00. The fourth-order valence-electron chi connectivity index (χ4n) is 1.16. The summed E-state index contributed by atoms with van der Waals surface area (Å²) < 4.78 is 12.8. The number of halogens is 1. The summed E-state index contributed by atoms with van der Waals surface area (Å²) in [5.74, 6) is -2.09. The molecule has 0 radical (unpaired) electrons. The smallest absolute Gasteiger partial charge is 0.339 e. The van der Waals surface area contributed by atoms with Crippen LogP contribution in [0, 0.1) is 5.82 Å². The molecule has 0 spiro atoms. The van der Waals surface area contributed by atoms with Crippen molar-refractivity contribution in [3.05, 3.63) is 23.6 Å². The second-order valence-electron chi connectivity index (χ2n) is 3.26. The number of carboxylic acid groups (broad SMARTS) is 1. The van der Waals surface area contributed by atoms with E-state index >= 15 is 0 Å². The summed E-state index contributed by atoms with van der Waals surface area (Å²) in [5.41, 5.74) is -0.243. The minimum Gasteiger partial charge on any atom is -0.478 e. The Labute approximate surface area is 96.9 Å². The molecule has 0 aliphatic heterocycles. The van der Waals surface area contributed by atoms with Crippen molar-refractivity contribution in [1.29, 1.82) is 0 Å². The van der Waals surface area contributed by atoms with E-state index in [-0.39, 0.29) is 17.3 Å². The van der Waals surface area contributed by atoms with Crippen LogP contribution in [-0.4, -0.2) is 35.1 Å². The van der Waals surface area contributed by atoms with Crippen LogP contribution in [-0.2, 0) is 4.79 Å². The van der Waals surface area contributed by atoms with E-state index in [0.29, 0.717) is 13.1 Å². The van der Waals surface area contributed by atoms with Crippen LogP contribution in [0.2, 0.25) is 0 Å². The van der Waals surface area contributed by atoms with E-state index in [9.17, 15) is 14.0 Å². The van der Waals surface area contributed by atoms with Gasteiger partial charge in [-0.3, -0.25) is 4.79 Å². The number of aromatic nitrogens is 1. The number of hydrogen-bond donors (Lipinski definition) is 3. The first kappa shape index (κ1) is 12.9. The monoisotopic (exact) mass is 241 g/mol. The van der Waals surface area contributed by atoms with Crippen molar-refractivity contribution < 1.29 is 19.1 Å². The molecule has 1 heterocycles. The summed E-state index contributed by atoms with van der Waals surface area (Å²) in [6.45, 7) is 2.00. The summed E-state index contributed by atoms with van der Waals surface area (Å²) in [7, 11) is 0. The van der Waals surface area contributed by atoms with Crippen molar-refractivity contribution in [1.82, 2.24) is 10.3 Å². The molecule has 92 valence electrons. The molecule has 0 bridgehead atoms. The average molecular weight is 241 g/mol. The molecule has 0 aliphatic rings. The van der Waals surface area contributed by atoms with Crippen LogP contribution >= 0.6 is 0 Å². The molecule has 1 aromatic heterocycles. The molecule has 7 heteroatoms. The largest absolute Gasteiger partial charge is 0.478 e. The van der Waals surface area contributed by atoms with Crippen LogP contribution in [0.15, 0.2) is 12.3 Å². The Morgan fingerprint density at radius 2 is 2.18 bits per heavy atom. The number of amides is 1. The van der Waals surface area contributed by atoms with Crippen molar-refractivity contribution in [2.24, 2.45) is 0 Å². The topological polar surface area (TPSA) is 91.3 Å². The van der Waals surface area contributed by atoms with Crippen LogP contribution in [0.4, 0.5) is 10.2 Å². The van der Waals surface area contributed by atoms with E-state index in [2.05, 4.69) is 15.6 Å². The molecule has 0 unspecified atom stereocenters. The van der Waals surface area contributed by atoms with Gasteiger partial charge in [-0.15, -0.1) is 0 Å². The highest BCUT2D eigenvalue weighted by molar-refractivity contribution is 5.93. The first-order valence-electron chi connectivity index (χ1n) is 4.88. The van der Waals surface area contributed by atoms with Crippen LogP contribution in [0.1, 0.15) is 17.3 Å².